The fourth-order valence-corrected chi connectivity index (χ4v) is 11.9. The highest BCUT2D eigenvalue weighted by Gasteiger charge is 2.77. The van der Waals surface area contributed by atoms with Crippen LogP contribution < -0.4 is 0 Å². The third-order valence-corrected chi connectivity index (χ3v) is 14.1. The molecule has 0 amide bonds. The molecule has 5 heteroatoms. The second-order valence-corrected chi connectivity index (χ2v) is 15.7. The van der Waals surface area contributed by atoms with Crippen molar-refractivity contribution in [3.63, 3.8) is 0 Å². The summed E-state index contributed by atoms with van der Waals surface area (Å²) in [5.74, 6) is 0.272. The van der Waals surface area contributed by atoms with Crippen LogP contribution >= 0.6 is 0 Å². The van der Waals surface area contributed by atoms with Gasteiger partial charge in [0.15, 0.2) is 0 Å². The van der Waals surface area contributed by atoms with Gasteiger partial charge < -0.3 is 20.1 Å². The van der Waals surface area contributed by atoms with Crippen LogP contribution in [-0.2, 0) is 9.53 Å². The number of rotatable bonds is 0. The van der Waals surface area contributed by atoms with Gasteiger partial charge in [0.05, 0.1) is 29.8 Å². The van der Waals surface area contributed by atoms with Crippen molar-refractivity contribution < 1.29 is 24.9 Å². The van der Waals surface area contributed by atoms with Gasteiger partial charge in [-0.15, -0.1) is 0 Å². The summed E-state index contributed by atoms with van der Waals surface area (Å²) in [5, 5.41) is 35.5. The zero-order valence-corrected chi connectivity index (χ0v) is 22.8. The van der Waals surface area contributed by atoms with Crippen LogP contribution in [0.3, 0.4) is 0 Å². The molecule has 1 spiro atoms. The molecule has 5 nitrogen and oxygen atoms in total. The average Bonchev–Trinajstić information content (AvgIpc) is 2.77. The van der Waals surface area contributed by atoms with Crippen molar-refractivity contribution in [2.24, 2.45) is 50.2 Å². The largest absolute Gasteiger partial charge is 0.465 e. The minimum absolute atomic E-state index is 0.0783. The van der Waals surface area contributed by atoms with Crippen molar-refractivity contribution in [3.8, 4) is 0 Å². The molecule has 198 valence electrons. The first-order chi connectivity index (χ1) is 16.1. The lowest BCUT2D eigenvalue weighted by Gasteiger charge is -2.76. The third kappa shape index (κ3) is 2.64. The van der Waals surface area contributed by atoms with E-state index in [9.17, 15) is 20.1 Å². The van der Waals surface area contributed by atoms with E-state index in [2.05, 4.69) is 41.5 Å². The summed E-state index contributed by atoms with van der Waals surface area (Å²) < 4.78 is 6.26. The predicted octanol–water partition coefficient (Wildman–Crippen LogP) is 4.85. The molecule has 3 saturated heterocycles. The summed E-state index contributed by atoms with van der Waals surface area (Å²) in [5.41, 5.74) is -2.67. The molecule has 11 atom stereocenters. The Bertz CT molecular complexity index is 947. The van der Waals surface area contributed by atoms with E-state index in [4.69, 9.17) is 4.74 Å². The first-order valence-corrected chi connectivity index (χ1v) is 14.4. The Morgan fingerprint density at radius 2 is 1.43 bits per heavy atom. The maximum Gasteiger partial charge on any atom is 0.312 e. The van der Waals surface area contributed by atoms with Gasteiger partial charge in [-0.25, -0.2) is 0 Å². The molecule has 3 heterocycles. The molecular formula is C30H48O5. The van der Waals surface area contributed by atoms with Gasteiger partial charge in [0.25, 0.3) is 0 Å². The van der Waals surface area contributed by atoms with Gasteiger partial charge >= 0.3 is 5.97 Å². The van der Waals surface area contributed by atoms with E-state index < -0.39 is 28.6 Å². The standard InChI is InChI=1S/C30H48O5/c1-24(2)11-13-29-14-12-28(6)27(5)9-7-19-25(3,20(27)8-10-30(28,34)21(29)16-24)15-18(31)22(32)26(19,4)17-35-23(29)33/h18-22,31-32,34H,7-17H2,1-6H3/t18-,19?,20-,21+,22+,25+,26?,27-,28+,29?,30?/m1/s1. The summed E-state index contributed by atoms with van der Waals surface area (Å²) in [4.78, 5) is 14.2. The summed E-state index contributed by atoms with van der Waals surface area (Å²) in [6.45, 7) is 13.9. The van der Waals surface area contributed by atoms with Crippen LogP contribution in [0.15, 0.2) is 0 Å². The summed E-state index contributed by atoms with van der Waals surface area (Å²) in [6.07, 6.45) is 6.70. The number of carbonyl (C=O) groups is 1. The summed E-state index contributed by atoms with van der Waals surface area (Å²) in [7, 11) is 0. The maximum absolute atomic E-state index is 14.2. The number of aliphatic hydroxyl groups is 3. The molecule has 0 aromatic rings. The van der Waals surface area contributed by atoms with Crippen LogP contribution in [-0.4, -0.2) is 45.7 Å². The second kappa shape index (κ2) is 6.86. The van der Waals surface area contributed by atoms with Crippen LogP contribution in [0.1, 0.15) is 106 Å². The number of hydrogen-bond acceptors (Lipinski definition) is 5. The van der Waals surface area contributed by atoms with Crippen LogP contribution in [0.25, 0.3) is 0 Å². The van der Waals surface area contributed by atoms with Crippen molar-refractivity contribution in [1.82, 2.24) is 0 Å². The van der Waals surface area contributed by atoms with Gasteiger partial charge in [-0.1, -0.05) is 41.5 Å². The van der Waals surface area contributed by atoms with Gasteiger partial charge in [0.2, 0.25) is 0 Å². The molecule has 5 saturated carbocycles. The quantitative estimate of drug-likeness (QED) is 0.424. The zero-order chi connectivity index (χ0) is 25.4. The third-order valence-electron chi connectivity index (χ3n) is 14.1. The molecule has 3 N–H and O–H groups in total. The number of aliphatic hydroxyl groups excluding tert-OH is 2. The number of ether oxygens (including phenoxy) is 1. The molecule has 4 unspecified atom stereocenters. The fourth-order valence-electron chi connectivity index (χ4n) is 11.9. The van der Waals surface area contributed by atoms with E-state index in [1.54, 1.807) is 0 Å². The zero-order valence-electron chi connectivity index (χ0n) is 22.8. The van der Waals surface area contributed by atoms with Gasteiger partial charge in [-0.05, 0) is 92.3 Å². The normalized spacial score (nSPS) is 60.9. The van der Waals surface area contributed by atoms with Crippen molar-refractivity contribution in [1.29, 1.82) is 0 Å². The van der Waals surface area contributed by atoms with Gasteiger partial charge in [-0.3, -0.25) is 4.79 Å². The molecule has 0 aromatic heterocycles. The number of esters is 1. The smallest absolute Gasteiger partial charge is 0.312 e. The number of hydrogen-bond donors (Lipinski definition) is 3. The maximum atomic E-state index is 14.2. The SMILES string of the molecule is CC1(C)CCC23CC[C@]4(C)C(O)(CC[C@@H]5[C@@]6(C)C[C@@H](O)[C@H](O)C(C)(COC2=O)C6CC[C@]54C)[C@H]3C1. The first-order valence-electron chi connectivity index (χ1n) is 14.4. The Kier molecular flexibility index (Phi) is 4.83. The molecule has 8 aliphatic rings. The Hall–Kier alpha value is -0.650. The topological polar surface area (TPSA) is 87.0 Å². The van der Waals surface area contributed by atoms with Crippen LogP contribution in [0.4, 0.5) is 0 Å². The van der Waals surface area contributed by atoms with Crippen molar-refractivity contribution in [3.05, 3.63) is 0 Å². The van der Waals surface area contributed by atoms with E-state index in [-0.39, 0.29) is 46.1 Å². The lowest BCUT2D eigenvalue weighted by Crippen LogP contribution is -2.76. The second-order valence-electron chi connectivity index (χ2n) is 15.7. The average molecular weight is 489 g/mol. The molecule has 5 aliphatic carbocycles. The molecule has 0 radical (unpaired) electrons. The van der Waals surface area contributed by atoms with Crippen LogP contribution in [0.5, 0.6) is 0 Å². The Labute approximate surface area is 211 Å². The van der Waals surface area contributed by atoms with Crippen molar-refractivity contribution in [2.45, 2.75) is 124 Å². The number of carbonyl (C=O) groups excluding carboxylic acids is 1. The molecular weight excluding hydrogens is 440 g/mol. The highest BCUT2D eigenvalue weighted by atomic mass is 16.5. The van der Waals surface area contributed by atoms with E-state index in [0.29, 0.717) is 12.3 Å². The lowest BCUT2D eigenvalue weighted by atomic mass is 9.30. The predicted molar refractivity (Wildman–Crippen MR) is 133 cm³/mol. The molecule has 8 fully saturated rings. The highest BCUT2D eigenvalue weighted by Crippen LogP contribution is 2.78. The molecule has 3 aliphatic heterocycles. The molecule has 0 aromatic carbocycles. The van der Waals surface area contributed by atoms with E-state index >= 15 is 0 Å². The fraction of sp³-hybridized carbons (Fsp3) is 0.967. The van der Waals surface area contributed by atoms with Gasteiger partial charge in [0.1, 0.15) is 0 Å². The van der Waals surface area contributed by atoms with E-state index in [0.717, 1.165) is 57.8 Å². The summed E-state index contributed by atoms with van der Waals surface area (Å²) >= 11 is 0. The van der Waals surface area contributed by atoms with Crippen LogP contribution in [0, 0.1) is 50.2 Å². The lowest BCUT2D eigenvalue weighted by molar-refractivity contribution is -0.327. The van der Waals surface area contributed by atoms with Gasteiger partial charge in [-0.2, -0.15) is 0 Å². The Morgan fingerprint density at radius 3 is 2.14 bits per heavy atom. The van der Waals surface area contributed by atoms with Gasteiger partial charge in [0, 0.05) is 16.7 Å². The Morgan fingerprint density at radius 1 is 0.771 bits per heavy atom. The van der Waals surface area contributed by atoms with Crippen molar-refractivity contribution in [2.75, 3.05) is 6.61 Å². The number of fused-ring (bicyclic) bond motifs is 2. The first kappa shape index (κ1) is 24.7. The summed E-state index contributed by atoms with van der Waals surface area (Å²) in [6, 6.07) is 0. The Balaban J connectivity index is 1.59. The minimum Gasteiger partial charge on any atom is -0.465 e. The van der Waals surface area contributed by atoms with Crippen molar-refractivity contribution >= 4 is 5.97 Å². The molecule has 8 bridgehead atoms. The van der Waals surface area contributed by atoms with Crippen LogP contribution in [0.2, 0.25) is 0 Å². The highest BCUT2D eigenvalue weighted by molar-refractivity contribution is 5.78. The minimum atomic E-state index is -0.897. The van der Waals surface area contributed by atoms with E-state index in [1.807, 2.05) is 0 Å². The molecule has 8 rings (SSSR count). The molecule has 35 heavy (non-hydrogen) atoms. The monoisotopic (exact) mass is 488 g/mol. The van der Waals surface area contributed by atoms with E-state index in [1.165, 1.54) is 0 Å².